The molecule has 0 saturated carbocycles. The zero-order valence-corrected chi connectivity index (χ0v) is 17.0. The van der Waals surface area contributed by atoms with Crippen molar-refractivity contribution in [3.8, 4) is 0 Å². The number of nitrogens with one attached hydrogen (secondary N) is 1. The molecule has 0 aromatic heterocycles. The molecule has 1 atom stereocenters. The second-order valence-electron chi connectivity index (χ2n) is 7.03. The Hall–Kier alpha value is -2.67. The molecule has 1 aliphatic heterocycles. The van der Waals surface area contributed by atoms with E-state index in [1.807, 2.05) is 32.9 Å². The molecule has 148 valence electrons. The number of anilines is 1. The van der Waals surface area contributed by atoms with Gasteiger partial charge in [0.2, 0.25) is 11.8 Å². The summed E-state index contributed by atoms with van der Waals surface area (Å²) in [6.07, 6.45) is 1.08. The Kier molecular flexibility index (Phi) is 5.56. The molecule has 3 rings (SSSR count). The highest BCUT2D eigenvalue weighted by Crippen LogP contribution is 2.29. The molecule has 1 unspecified atom stereocenters. The van der Waals surface area contributed by atoms with Crippen LogP contribution in [0.2, 0.25) is 0 Å². The van der Waals surface area contributed by atoms with Crippen LogP contribution in [-0.2, 0) is 26.0 Å². The fraction of sp³-hybridized carbons (Fsp3) is 0.333. The molecule has 0 spiro atoms. The van der Waals surface area contributed by atoms with Crippen LogP contribution in [0.15, 0.2) is 47.4 Å². The maximum atomic E-state index is 13.1. The number of hydrogen-bond donors (Lipinski definition) is 1. The molecule has 2 amide bonds. The number of amides is 2. The van der Waals surface area contributed by atoms with Crippen molar-refractivity contribution in [3.63, 3.8) is 0 Å². The van der Waals surface area contributed by atoms with Gasteiger partial charge in [0.05, 0.1) is 4.90 Å². The van der Waals surface area contributed by atoms with Gasteiger partial charge in [-0.05, 0) is 67.6 Å². The maximum absolute atomic E-state index is 13.1. The summed E-state index contributed by atoms with van der Waals surface area (Å²) in [5, 5.41) is 2.73. The van der Waals surface area contributed by atoms with E-state index in [4.69, 9.17) is 0 Å². The summed E-state index contributed by atoms with van der Waals surface area (Å²) >= 11 is 0. The van der Waals surface area contributed by atoms with E-state index >= 15 is 0 Å². The van der Waals surface area contributed by atoms with Crippen molar-refractivity contribution >= 4 is 27.5 Å². The van der Waals surface area contributed by atoms with Gasteiger partial charge in [0.1, 0.15) is 6.04 Å². The first kappa shape index (κ1) is 20.1. The minimum Gasteiger partial charge on any atom is -0.324 e. The Morgan fingerprint density at radius 3 is 2.39 bits per heavy atom. The lowest BCUT2D eigenvalue weighted by molar-refractivity contribution is -0.128. The van der Waals surface area contributed by atoms with E-state index in [1.165, 1.54) is 12.1 Å². The predicted octanol–water partition coefficient (Wildman–Crippen LogP) is 3.18. The number of hydrogen-bond acceptors (Lipinski definition) is 4. The van der Waals surface area contributed by atoms with E-state index < -0.39 is 27.9 Å². The second-order valence-corrected chi connectivity index (χ2v) is 8.85. The SMILES string of the molecule is CCc1ccc(NC(=O)C2CCC(=O)N2S(=O)(=O)c2ccc(C)c(C)c2)cc1. The van der Waals surface area contributed by atoms with Gasteiger partial charge < -0.3 is 5.32 Å². The molecule has 7 heteroatoms. The first-order valence-corrected chi connectivity index (χ1v) is 10.7. The van der Waals surface area contributed by atoms with Crippen molar-refractivity contribution in [2.24, 2.45) is 0 Å². The van der Waals surface area contributed by atoms with Crippen molar-refractivity contribution < 1.29 is 18.0 Å². The first-order chi connectivity index (χ1) is 13.2. The van der Waals surface area contributed by atoms with E-state index in [-0.39, 0.29) is 17.7 Å². The van der Waals surface area contributed by atoms with Crippen LogP contribution in [0, 0.1) is 13.8 Å². The molecule has 1 fully saturated rings. The van der Waals surface area contributed by atoms with Gasteiger partial charge in [-0.2, -0.15) is 0 Å². The van der Waals surface area contributed by atoms with Gasteiger partial charge in [-0.3, -0.25) is 9.59 Å². The summed E-state index contributed by atoms with van der Waals surface area (Å²) < 4.78 is 26.9. The Labute approximate surface area is 165 Å². The standard InChI is InChI=1S/C21H24N2O4S/c1-4-16-6-8-17(9-7-16)22-21(25)19-11-12-20(24)23(19)28(26,27)18-10-5-14(2)15(3)13-18/h5-10,13,19H,4,11-12H2,1-3H3,(H,22,25). The Balaban J connectivity index is 1.87. The average molecular weight is 401 g/mol. The van der Waals surface area contributed by atoms with Crippen molar-refractivity contribution in [1.29, 1.82) is 0 Å². The van der Waals surface area contributed by atoms with E-state index in [2.05, 4.69) is 5.32 Å². The van der Waals surface area contributed by atoms with Crippen LogP contribution in [-0.4, -0.2) is 30.6 Å². The minimum atomic E-state index is -4.10. The van der Waals surface area contributed by atoms with Gasteiger partial charge in [-0.25, -0.2) is 12.7 Å². The average Bonchev–Trinajstić information content (AvgIpc) is 3.07. The Bertz CT molecular complexity index is 1010. The molecule has 0 radical (unpaired) electrons. The minimum absolute atomic E-state index is 0.0240. The molecule has 0 aliphatic carbocycles. The quantitative estimate of drug-likeness (QED) is 0.835. The van der Waals surface area contributed by atoms with Crippen molar-refractivity contribution in [1.82, 2.24) is 4.31 Å². The smallest absolute Gasteiger partial charge is 0.267 e. The van der Waals surface area contributed by atoms with Crippen molar-refractivity contribution in [3.05, 3.63) is 59.2 Å². The molecule has 1 aliphatic rings. The largest absolute Gasteiger partial charge is 0.324 e. The zero-order chi connectivity index (χ0) is 20.5. The molecule has 28 heavy (non-hydrogen) atoms. The van der Waals surface area contributed by atoms with Gasteiger partial charge in [0.25, 0.3) is 10.0 Å². The summed E-state index contributed by atoms with van der Waals surface area (Å²) in [6.45, 7) is 5.73. The maximum Gasteiger partial charge on any atom is 0.267 e. The van der Waals surface area contributed by atoms with Crippen LogP contribution >= 0.6 is 0 Å². The van der Waals surface area contributed by atoms with Gasteiger partial charge in [0.15, 0.2) is 0 Å². The molecule has 2 aromatic rings. The number of sulfonamides is 1. The van der Waals surface area contributed by atoms with E-state index in [1.54, 1.807) is 18.2 Å². The molecular weight excluding hydrogens is 376 g/mol. The number of aryl methyl sites for hydroxylation is 3. The number of benzene rings is 2. The lowest BCUT2D eigenvalue weighted by Gasteiger charge is -2.24. The van der Waals surface area contributed by atoms with E-state index in [0.717, 1.165) is 27.4 Å². The summed E-state index contributed by atoms with van der Waals surface area (Å²) in [7, 11) is -4.10. The summed E-state index contributed by atoms with van der Waals surface area (Å²) in [5.74, 6) is -1.05. The summed E-state index contributed by atoms with van der Waals surface area (Å²) in [4.78, 5) is 25.1. The third kappa shape index (κ3) is 3.80. The lowest BCUT2D eigenvalue weighted by atomic mass is 10.1. The van der Waals surface area contributed by atoms with Crippen LogP contribution < -0.4 is 5.32 Å². The van der Waals surface area contributed by atoms with E-state index in [0.29, 0.717) is 5.69 Å². The molecular formula is C21H24N2O4S. The number of rotatable bonds is 5. The normalized spacial score (nSPS) is 17.0. The number of carbonyl (C=O) groups is 2. The fourth-order valence-electron chi connectivity index (χ4n) is 3.24. The second kappa shape index (κ2) is 7.75. The zero-order valence-electron chi connectivity index (χ0n) is 16.2. The van der Waals surface area contributed by atoms with Crippen LogP contribution in [0.3, 0.4) is 0 Å². The highest BCUT2D eigenvalue weighted by Gasteiger charge is 2.44. The molecule has 1 heterocycles. The predicted molar refractivity (Wildman–Crippen MR) is 107 cm³/mol. The highest BCUT2D eigenvalue weighted by molar-refractivity contribution is 7.89. The number of nitrogens with zero attached hydrogens (tertiary/aromatic N) is 1. The van der Waals surface area contributed by atoms with Crippen LogP contribution in [0.4, 0.5) is 5.69 Å². The van der Waals surface area contributed by atoms with Crippen LogP contribution in [0.1, 0.15) is 36.5 Å². The summed E-state index contributed by atoms with van der Waals surface area (Å²) in [5.41, 5.74) is 3.47. The fourth-order valence-corrected chi connectivity index (χ4v) is 4.93. The first-order valence-electron chi connectivity index (χ1n) is 9.28. The topological polar surface area (TPSA) is 83.6 Å². The third-order valence-corrected chi connectivity index (χ3v) is 6.95. The Morgan fingerprint density at radius 2 is 1.79 bits per heavy atom. The molecule has 6 nitrogen and oxygen atoms in total. The van der Waals surface area contributed by atoms with Gasteiger partial charge in [-0.1, -0.05) is 25.1 Å². The van der Waals surface area contributed by atoms with Crippen molar-refractivity contribution in [2.75, 3.05) is 5.32 Å². The lowest BCUT2D eigenvalue weighted by Crippen LogP contribution is -2.45. The monoisotopic (exact) mass is 400 g/mol. The van der Waals surface area contributed by atoms with Gasteiger partial charge in [0, 0.05) is 12.1 Å². The molecule has 1 N–H and O–H groups in total. The van der Waals surface area contributed by atoms with Crippen LogP contribution in [0.5, 0.6) is 0 Å². The van der Waals surface area contributed by atoms with Crippen molar-refractivity contribution in [2.45, 2.75) is 51.0 Å². The van der Waals surface area contributed by atoms with Gasteiger partial charge >= 0.3 is 0 Å². The van der Waals surface area contributed by atoms with Crippen LogP contribution in [0.25, 0.3) is 0 Å². The van der Waals surface area contributed by atoms with E-state index in [9.17, 15) is 18.0 Å². The molecule has 2 aromatic carbocycles. The molecule has 1 saturated heterocycles. The summed E-state index contributed by atoms with van der Waals surface area (Å²) in [6, 6.07) is 11.0. The highest BCUT2D eigenvalue weighted by atomic mass is 32.2. The number of carbonyl (C=O) groups excluding carboxylic acids is 2. The molecule has 0 bridgehead atoms. The van der Waals surface area contributed by atoms with Gasteiger partial charge in [-0.15, -0.1) is 0 Å². The third-order valence-electron chi connectivity index (χ3n) is 5.13. The Morgan fingerprint density at radius 1 is 1.11 bits per heavy atom.